The number of imidazole rings is 1. The zero-order valence-corrected chi connectivity index (χ0v) is 14.6. The highest BCUT2D eigenvalue weighted by Gasteiger charge is 2.21. The van der Waals surface area contributed by atoms with E-state index in [1.165, 1.54) is 25.0 Å². The third-order valence-corrected chi connectivity index (χ3v) is 4.56. The van der Waals surface area contributed by atoms with Crippen molar-refractivity contribution in [3.63, 3.8) is 0 Å². The lowest BCUT2D eigenvalue weighted by molar-refractivity contribution is 0.573. The molecule has 1 fully saturated rings. The SMILES string of the molecule is Cc1cc(N2CCCCC2)nc2c(C(C)C)nc(C(C)C)n12. The van der Waals surface area contributed by atoms with Crippen LogP contribution in [0.2, 0.25) is 0 Å². The Morgan fingerprint density at radius 3 is 2.23 bits per heavy atom. The summed E-state index contributed by atoms with van der Waals surface area (Å²) in [4.78, 5) is 12.4. The summed E-state index contributed by atoms with van der Waals surface area (Å²) < 4.78 is 2.26. The molecule has 0 amide bonds. The molecule has 4 heteroatoms. The Hall–Kier alpha value is -1.58. The van der Waals surface area contributed by atoms with Gasteiger partial charge in [-0.25, -0.2) is 9.97 Å². The molecule has 1 saturated heterocycles. The van der Waals surface area contributed by atoms with E-state index in [2.05, 4.69) is 50.0 Å². The summed E-state index contributed by atoms with van der Waals surface area (Å²) in [5, 5.41) is 0. The Kier molecular flexibility index (Phi) is 4.11. The van der Waals surface area contributed by atoms with Crippen molar-refractivity contribution in [1.29, 1.82) is 0 Å². The van der Waals surface area contributed by atoms with Gasteiger partial charge in [0.2, 0.25) is 0 Å². The third kappa shape index (κ3) is 2.59. The molecule has 3 heterocycles. The molecule has 22 heavy (non-hydrogen) atoms. The minimum atomic E-state index is 0.394. The highest BCUT2D eigenvalue weighted by atomic mass is 15.2. The number of fused-ring (bicyclic) bond motifs is 1. The normalized spacial score (nSPS) is 16.2. The van der Waals surface area contributed by atoms with Crippen LogP contribution in [0.1, 0.15) is 76.0 Å². The minimum absolute atomic E-state index is 0.394. The van der Waals surface area contributed by atoms with Gasteiger partial charge in [-0.3, -0.25) is 4.40 Å². The third-order valence-electron chi connectivity index (χ3n) is 4.56. The minimum Gasteiger partial charge on any atom is -0.356 e. The van der Waals surface area contributed by atoms with Gasteiger partial charge in [0.05, 0.1) is 5.69 Å². The van der Waals surface area contributed by atoms with E-state index in [9.17, 15) is 0 Å². The molecule has 0 aliphatic carbocycles. The van der Waals surface area contributed by atoms with Crippen LogP contribution in [0, 0.1) is 6.92 Å². The highest BCUT2D eigenvalue weighted by Crippen LogP contribution is 2.28. The second kappa shape index (κ2) is 5.90. The molecule has 0 saturated carbocycles. The molecule has 0 N–H and O–H groups in total. The van der Waals surface area contributed by atoms with E-state index in [0.717, 1.165) is 36.1 Å². The van der Waals surface area contributed by atoms with Crippen LogP contribution in [-0.2, 0) is 0 Å². The average Bonchev–Trinajstić information content (AvgIpc) is 2.88. The molecule has 0 atom stereocenters. The largest absolute Gasteiger partial charge is 0.356 e. The van der Waals surface area contributed by atoms with Crippen molar-refractivity contribution in [2.24, 2.45) is 0 Å². The molecule has 0 spiro atoms. The van der Waals surface area contributed by atoms with E-state index in [1.807, 2.05) is 0 Å². The van der Waals surface area contributed by atoms with Gasteiger partial charge in [-0.2, -0.15) is 0 Å². The maximum atomic E-state index is 5.01. The maximum absolute atomic E-state index is 5.01. The molecule has 0 bridgehead atoms. The molecule has 120 valence electrons. The van der Waals surface area contributed by atoms with Crippen molar-refractivity contribution >= 4 is 11.5 Å². The predicted octanol–water partition coefficient (Wildman–Crippen LogP) is 4.27. The van der Waals surface area contributed by atoms with Crippen molar-refractivity contribution in [2.45, 2.75) is 65.7 Å². The lowest BCUT2D eigenvalue weighted by Gasteiger charge is -2.28. The zero-order valence-electron chi connectivity index (χ0n) is 14.6. The molecule has 0 aromatic carbocycles. The Balaban J connectivity index is 2.17. The van der Waals surface area contributed by atoms with Crippen LogP contribution >= 0.6 is 0 Å². The first kappa shape index (κ1) is 15.3. The van der Waals surface area contributed by atoms with Crippen LogP contribution in [0.4, 0.5) is 5.82 Å². The van der Waals surface area contributed by atoms with Gasteiger partial charge in [0, 0.05) is 30.8 Å². The summed E-state index contributed by atoms with van der Waals surface area (Å²) in [6.07, 6.45) is 3.90. The molecule has 0 unspecified atom stereocenters. The van der Waals surface area contributed by atoms with Crippen molar-refractivity contribution in [3.8, 4) is 0 Å². The van der Waals surface area contributed by atoms with E-state index < -0.39 is 0 Å². The topological polar surface area (TPSA) is 33.4 Å². The summed E-state index contributed by atoms with van der Waals surface area (Å²) in [7, 11) is 0. The molecular weight excluding hydrogens is 272 g/mol. The molecule has 0 radical (unpaired) electrons. The summed E-state index contributed by atoms with van der Waals surface area (Å²) in [6.45, 7) is 13.3. The number of rotatable bonds is 3. The fourth-order valence-electron chi connectivity index (χ4n) is 3.35. The van der Waals surface area contributed by atoms with Crippen LogP contribution in [0.3, 0.4) is 0 Å². The molecule has 2 aromatic rings. The van der Waals surface area contributed by atoms with Gasteiger partial charge in [0.1, 0.15) is 11.6 Å². The second-order valence-electron chi connectivity index (χ2n) is 7.13. The monoisotopic (exact) mass is 300 g/mol. The molecular formula is C18H28N4. The smallest absolute Gasteiger partial charge is 0.162 e. The molecule has 4 nitrogen and oxygen atoms in total. The van der Waals surface area contributed by atoms with Crippen LogP contribution in [0.5, 0.6) is 0 Å². The summed E-state index contributed by atoms with van der Waals surface area (Å²) in [6, 6.07) is 2.23. The Morgan fingerprint density at radius 1 is 0.955 bits per heavy atom. The van der Waals surface area contributed by atoms with E-state index >= 15 is 0 Å². The molecule has 1 aliphatic heterocycles. The molecule has 3 rings (SSSR count). The van der Waals surface area contributed by atoms with Gasteiger partial charge in [0.15, 0.2) is 5.65 Å². The van der Waals surface area contributed by atoms with E-state index in [4.69, 9.17) is 9.97 Å². The van der Waals surface area contributed by atoms with Crippen LogP contribution in [-0.4, -0.2) is 27.5 Å². The molecule has 1 aliphatic rings. The molecule has 2 aromatic heterocycles. The summed E-state index contributed by atoms with van der Waals surface area (Å²) >= 11 is 0. The van der Waals surface area contributed by atoms with Gasteiger partial charge >= 0.3 is 0 Å². The van der Waals surface area contributed by atoms with E-state index in [-0.39, 0.29) is 0 Å². The number of piperidine rings is 1. The van der Waals surface area contributed by atoms with Gasteiger partial charge in [-0.15, -0.1) is 0 Å². The highest BCUT2D eigenvalue weighted by molar-refractivity contribution is 5.56. The van der Waals surface area contributed by atoms with Gasteiger partial charge in [-0.05, 0) is 32.1 Å². The van der Waals surface area contributed by atoms with Crippen LogP contribution < -0.4 is 4.90 Å². The lowest BCUT2D eigenvalue weighted by atomic mass is 10.1. The van der Waals surface area contributed by atoms with Crippen molar-refractivity contribution in [3.05, 3.63) is 23.3 Å². The van der Waals surface area contributed by atoms with Gasteiger partial charge in [0.25, 0.3) is 0 Å². The van der Waals surface area contributed by atoms with Crippen molar-refractivity contribution in [1.82, 2.24) is 14.4 Å². The van der Waals surface area contributed by atoms with Crippen molar-refractivity contribution < 1.29 is 0 Å². The second-order valence-corrected chi connectivity index (χ2v) is 7.13. The summed E-state index contributed by atoms with van der Waals surface area (Å²) in [5.41, 5.74) is 3.43. The number of hydrogen-bond donors (Lipinski definition) is 0. The fraction of sp³-hybridized carbons (Fsp3) is 0.667. The zero-order chi connectivity index (χ0) is 15.9. The maximum Gasteiger partial charge on any atom is 0.162 e. The quantitative estimate of drug-likeness (QED) is 0.848. The average molecular weight is 300 g/mol. The first-order valence-corrected chi connectivity index (χ1v) is 8.64. The van der Waals surface area contributed by atoms with Crippen molar-refractivity contribution in [2.75, 3.05) is 18.0 Å². The Bertz CT molecular complexity index is 663. The first-order chi connectivity index (χ1) is 10.5. The fourth-order valence-corrected chi connectivity index (χ4v) is 3.35. The van der Waals surface area contributed by atoms with Crippen LogP contribution in [0.25, 0.3) is 5.65 Å². The first-order valence-electron chi connectivity index (χ1n) is 8.64. The van der Waals surface area contributed by atoms with E-state index in [0.29, 0.717) is 11.8 Å². The number of aryl methyl sites for hydroxylation is 1. The lowest BCUT2D eigenvalue weighted by Crippen LogP contribution is -2.30. The van der Waals surface area contributed by atoms with Gasteiger partial charge < -0.3 is 4.90 Å². The summed E-state index contributed by atoms with van der Waals surface area (Å²) in [5.74, 6) is 3.06. The number of aromatic nitrogens is 3. The van der Waals surface area contributed by atoms with Crippen LogP contribution in [0.15, 0.2) is 6.07 Å². The number of nitrogens with zero attached hydrogens (tertiary/aromatic N) is 4. The van der Waals surface area contributed by atoms with Gasteiger partial charge in [-0.1, -0.05) is 27.7 Å². The predicted molar refractivity (Wildman–Crippen MR) is 92.0 cm³/mol. The Morgan fingerprint density at radius 2 is 1.64 bits per heavy atom. The Labute approximate surface area is 133 Å². The van der Waals surface area contributed by atoms with E-state index in [1.54, 1.807) is 0 Å². The number of hydrogen-bond acceptors (Lipinski definition) is 3. The number of anilines is 1. The standard InChI is InChI=1S/C18H28N4/c1-12(2)16-18-19-15(21-9-7-6-8-10-21)11-14(5)22(18)17(20-16)13(3)4/h11-13H,6-10H2,1-5H3.